The lowest BCUT2D eigenvalue weighted by Gasteiger charge is -2.13. The topological polar surface area (TPSA) is 76.7 Å². The van der Waals surface area contributed by atoms with Crippen molar-refractivity contribution in [2.75, 3.05) is 0 Å². The van der Waals surface area contributed by atoms with E-state index in [1.165, 1.54) is 4.57 Å². The predicted octanol–water partition coefficient (Wildman–Crippen LogP) is 5.22. The Morgan fingerprint density at radius 2 is 1.73 bits per heavy atom. The molecule has 148 valence electrons. The molecule has 6 nitrogen and oxygen atoms in total. The molecule has 30 heavy (non-hydrogen) atoms. The van der Waals surface area contributed by atoms with Crippen molar-refractivity contribution >= 4 is 23.2 Å². The van der Waals surface area contributed by atoms with E-state index in [9.17, 15) is 4.79 Å². The van der Waals surface area contributed by atoms with Crippen LogP contribution in [0.1, 0.15) is 11.5 Å². The largest absolute Gasteiger partial charge is 0.469 e. The molecule has 0 spiro atoms. The van der Waals surface area contributed by atoms with Gasteiger partial charge in [-0.1, -0.05) is 53.5 Å². The van der Waals surface area contributed by atoms with Gasteiger partial charge >= 0.3 is 0 Å². The first-order valence-electron chi connectivity index (χ1n) is 9.14. The van der Waals surface area contributed by atoms with Gasteiger partial charge in [0.25, 0.3) is 5.56 Å². The molecular weight excluding hydrogens is 423 g/mol. The Bertz CT molecular complexity index is 1340. The van der Waals surface area contributed by atoms with Crippen molar-refractivity contribution in [3.05, 3.63) is 99.2 Å². The summed E-state index contributed by atoms with van der Waals surface area (Å²) in [5.41, 5.74) is 3.15. The van der Waals surface area contributed by atoms with Crippen molar-refractivity contribution < 1.29 is 4.42 Å². The molecule has 0 radical (unpaired) electrons. The Morgan fingerprint density at radius 1 is 0.967 bits per heavy atom. The van der Waals surface area contributed by atoms with E-state index < -0.39 is 0 Å². The third-order valence-electron chi connectivity index (χ3n) is 4.73. The van der Waals surface area contributed by atoms with E-state index in [1.807, 2.05) is 36.4 Å². The quantitative estimate of drug-likeness (QED) is 0.391. The van der Waals surface area contributed by atoms with Crippen LogP contribution in [0.5, 0.6) is 0 Å². The number of rotatable bonds is 4. The van der Waals surface area contributed by atoms with Crippen molar-refractivity contribution in [1.82, 2.24) is 19.5 Å². The van der Waals surface area contributed by atoms with Crippen molar-refractivity contribution in [3.8, 4) is 28.3 Å². The van der Waals surface area contributed by atoms with E-state index in [1.54, 1.807) is 30.7 Å². The van der Waals surface area contributed by atoms with Gasteiger partial charge in [0.15, 0.2) is 5.82 Å². The van der Waals surface area contributed by atoms with E-state index in [4.69, 9.17) is 27.6 Å². The second kappa shape index (κ2) is 7.48. The number of nitrogens with zero attached hydrogens (tertiary/aromatic N) is 3. The molecule has 0 aliphatic carbocycles. The minimum absolute atomic E-state index is 0.208. The number of hydrogen-bond acceptors (Lipinski definition) is 4. The predicted molar refractivity (Wildman–Crippen MR) is 116 cm³/mol. The van der Waals surface area contributed by atoms with Gasteiger partial charge in [0, 0.05) is 11.8 Å². The highest BCUT2D eigenvalue weighted by Gasteiger charge is 2.22. The molecule has 3 aromatic rings. The highest BCUT2D eigenvalue weighted by atomic mass is 35.5. The first kappa shape index (κ1) is 18.7. The zero-order valence-corrected chi connectivity index (χ0v) is 17.0. The second-order valence-electron chi connectivity index (χ2n) is 6.72. The van der Waals surface area contributed by atoms with Crippen LogP contribution in [0.25, 0.3) is 28.3 Å². The minimum atomic E-state index is -0.208. The van der Waals surface area contributed by atoms with Gasteiger partial charge < -0.3 is 9.40 Å². The molecule has 0 fully saturated rings. The molecule has 4 heterocycles. The highest BCUT2D eigenvalue weighted by Crippen LogP contribution is 2.31. The Morgan fingerprint density at radius 3 is 2.43 bits per heavy atom. The zero-order chi connectivity index (χ0) is 20.7. The highest BCUT2D eigenvalue weighted by molar-refractivity contribution is 6.32. The van der Waals surface area contributed by atoms with Crippen LogP contribution in [0.4, 0.5) is 0 Å². The maximum Gasteiger partial charge on any atom is 0.278 e. The summed E-state index contributed by atoms with van der Waals surface area (Å²) in [5.74, 6) is 1.14. The van der Waals surface area contributed by atoms with Crippen molar-refractivity contribution in [3.63, 3.8) is 0 Å². The van der Waals surface area contributed by atoms with Gasteiger partial charge in [-0.2, -0.15) is 0 Å². The Balaban J connectivity index is 1.76. The summed E-state index contributed by atoms with van der Waals surface area (Å²) in [6.07, 6.45) is 3.62. The molecule has 1 aromatic carbocycles. The number of fused-ring (bicyclic) bond motifs is 1. The molecule has 8 heteroatoms. The van der Waals surface area contributed by atoms with Crippen LogP contribution < -0.4 is 5.56 Å². The molecule has 2 aliphatic heterocycles. The lowest BCUT2D eigenvalue weighted by atomic mass is 10.1. The number of imidazole rings is 1. The fourth-order valence-electron chi connectivity index (χ4n) is 3.38. The van der Waals surface area contributed by atoms with Crippen LogP contribution in [0.3, 0.4) is 0 Å². The first-order valence-corrected chi connectivity index (χ1v) is 9.89. The fourth-order valence-corrected chi connectivity index (χ4v) is 3.84. The van der Waals surface area contributed by atoms with Crippen molar-refractivity contribution in [2.45, 2.75) is 6.42 Å². The van der Waals surface area contributed by atoms with Gasteiger partial charge in [-0.05, 0) is 29.8 Å². The standard InChI is InChI=1S/C22H14Cl2N4O2/c23-18-9-14(10-19(24)27-18)20-21-26-16(11-15-7-4-8-30-15)22(29)28(21)12-17(25-20)13-5-2-1-3-6-13/h1-10,12,25H,11H2. The zero-order valence-electron chi connectivity index (χ0n) is 15.5. The van der Waals surface area contributed by atoms with E-state index in [-0.39, 0.29) is 15.9 Å². The van der Waals surface area contributed by atoms with Crippen LogP contribution in [-0.2, 0) is 6.42 Å². The number of aromatic nitrogens is 4. The normalized spacial score (nSPS) is 11.3. The average molecular weight is 437 g/mol. The van der Waals surface area contributed by atoms with E-state index >= 15 is 0 Å². The lowest BCUT2D eigenvalue weighted by molar-refractivity contribution is 0.519. The lowest BCUT2D eigenvalue weighted by Crippen LogP contribution is -2.16. The second-order valence-corrected chi connectivity index (χ2v) is 7.50. The molecule has 1 N–H and O–H groups in total. The third-order valence-corrected chi connectivity index (χ3v) is 5.12. The monoisotopic (exact) mass is 436 g/mol. The first-order chi connectivity index (χ1) is 14.6. The number of H-pyrrole nitrogens is 1. The number of furan rings is 1. The molecule has 5 rings (SSSR count). The summed E-state index contributed by atoms with van der Waals surface area (Å²) in [5, 5.41) is 0.498. The van der Waals surface area contributed by atoms with Crippen LogP contribution in [0.15, 0.2) is 76.3 Å². The number of aromatic amines is 1. The Kier molecular flexibility index (Phi) is 4.65. The molecule has 0 atom stereocenters. The Labute approximate surface area is 181 Å². The molecule has 0 saturated carbocycles. The summed E-state index contributed by atoms with van der Waals surface area (Å²) in [6.45, 7) is 0. The maximum atomic E-state index is 13.1. The molecule has 0 saturated heterocycles. The molecule has 2 aromatic heterocycles. The molecular formula is C22H14Cl2N4O2. The minimum Gasteiger partial charge on any atom is -0.469 e. The van der Waals surface area contributed by atoms with Gasteiger partial charge in [-0.25, -0.2) is 9.97 Å². The number of hydrogen-bond donors (Lipinski definition) is 1. The Hall–Kier alpha value is -3.35. The summed E-state index contributed by atoms with van der Waals surface area (Å²) in [4.78, 5) is 25.1. The van der Waals surface area contributed by atoms with Gasteiger partial charge in [0.2, 0.25) is 0 Å². The van der Waals surface area contributed by atoms with Crippen molar-refractivity contribution in [1.29, 1.82) is 0 Å². The van der Waals surface area contributed by atoms with Crippen LogP contribution in [0, 0.1) is 0 Å². The SMILES string of the molecule is O=c1c(Cc2ccco2)nc2c(-c3cc(Cl)nc(Cl)c3)[nH]c(-c3ccccc3)cn1-2. The summed E-state index contributed by atoms with van der Waals surface area (Å²) < 4.78 is 6.93. The number of benzene rings is 1. The van der Waals surface area contributed by atoms with Crippen LogP contribution in [0.2, 0.25) is 10.3 Å². The average Bonchev–Trinajstić information content (AvgIpc) is 3.36. The van der Waals surface area contributed by atoms with Crippen molar-refractivity contribution in [2.24, 2.45) is 0 Å². The number of pyridine rings is 1. The van der Waals surface area contributed by atoms with Gasteiger partial charge in [0.05, 0.1) is 24.1 Å². The molecule has 0 amide bonds. The maximum absolute atomic E-state index is 13.1. The fraction of sp³-hybridized carbons (Fsp3) is 0.0455. The van der Waals surface area contributed by atoms with Crippen LogP contribution in [-0.4, -0.2) is 19.5 Å². The van der Waals surface area contributed by atoms with E-state index in [0.29, 0.717) is 35.0 Å². The van der Waals surface area contributed by atoms with Gasteiger partial charge in [-0.15, -0.1) is 0 Å². The summed E-state index contributed by atoms with van der Waals surface area (Å²) in [6, 6.07) is 16.7. The third kappa shape index (κ3) is 3.40. The smallest absolute Gasteiger partial charge is 0.278 e. The molecule has 0 bridgehead atoms. The molecule has 2 aliphatic rings. The molecule has 0 unspecified atom stereocenters. The number of halogens is 2. The van der Waals surface area contributed by atoms with Gasteiger partial charge in [-0.3, -0.25) is 9.36 Å². The summed E-state index contributed by atoms with van der Waals surface area (Å²) in [7, 11) is 0. The van der Waals surface area contributed by atoms with E-state index in [0.717, 1.165) is 11.3 Å². The number of nitrogens with one attached hydrogen (secondary N) is 1. The van der Waals surface area contributed by atoms with E-state index in [2.05, 4.69) is 15.0 Å². The van der Waals surface area contributed by atoms with Gasteiger partial charge in [0.1, 0.15) is 21.8 Å². The van der Waals surface area contributed by atoms with Crippen LogP contribution >= 0.6 is 23.2 Å². The summed E-state index contributed by atoms with van der Waals surface area (Å²) >= 11 is 12.3.